The van der Waals surface area contributed by atoms with Crippen LogP contribution in [0.5, 0.6) is 5.75 Å². The third-order valence-corrected chi connectivity index (χ3v) is 5.39. The normalized spacial score (nSPS) is 17.3. The Kier molecular flexibility index (Phi) is 5.45. The zero-order valence-electron chi connectivity index (χ0n) is 16.7. The molecule has 2 aromatic carbocycles. The van der Waals surface area contributed by atoms with Crippen LogP contribution in [-0.2, 0) is 0 Å². The number of hydrogen-bond acceptors (Lipinski definition) is 5. The molecule has 0 aliphatic carbocycles. The molecule has 1 aliphatic rings. The molecule has 1 atom stereocenters. The largest absolute Gasteiger partial charge is 0.507 e. The molecule has 0 radical (unpaired) electrons. The first-order chi connectivity index (χ1) is 14.0. The maximum absolute atomic E-state index is 13.1. The molecule has 0 saturated carbocycles. The maximum atomic E-state index is 13.1. The first kappa shape index (κ1) is 19.3. The van der Waals surface area contributed by atoms with Gasteiger partial charge in [0.1, 0.15) is 17.4 Å². The van der Waals surface area contributed by atoms with E-state index in [2.05, 4.69) is 27.5 Å². The molecule has 1 aromatic heterocycles. The van der Waals surface area contributed by atoms with Crippen molar-refractivity contribution >= 4 is 5.82 Å². The topological polar surface area (TPSA) is 61.3 Å². The second-order valence-corrected chi connectivity index (χ2v) is 7.75. The zero-order valence-corrected chi connectivity index (χ0v) is 16.7. The van der Waals surface area contributed by atoms with Crippen LogP contribution in [0.25, 0.3) is 22.4 Å². The third-order valence-electron chi connectivity index (χ3n) is 5.39. The van der Waals surface area contributed by atoms with Gasteiger partial charge in [-0.2, -0.15) is 0 Å². The van der Waals surface area contributed by atoms with Crippen LogP contribution in [0.4, 0.5) is 10.2 Å². The Hall–Kier alpha value is -2.99. The average Bonchev–Trinajstić information content (AvgIpc) is 2.69. The summed E-state index contributed by atoms with van der Waals surface area (Å²) in [5, 5.41) is 22.8. The number of nitrogens with one attached hydrogen (secondary N) is 1. The van der Waals surface area contributed by atoms with Crippen molar-refractivity contribution < 1.29 is 9.50 Å². The Balaban J connectivity index is 1.55. The molecule has 3 aromatic rings. The second kappa shape index (κ2) is 8.17. The lowest BCUT2D eigenvalue weighted by Gasteiger charge is -2.30. The number of piperidine rings is 1. The smallest absolute Gasteiger partial charge is 0.149 e. The fourth-order valence-corrected chi connectivity index (χ4v) is 3.87. The van der Waals surface area contributed by atoms with Gasteiger partial charge in [-0.3, -0.25) is 0 Å². The molecule has 4 rings (SSSR count). The van der Waals surface area contributed by atoms with Crippen molar-refractivity contribution in [2.24, 2.45) is 0 Å². The monoisotopic (exact) mass is 392 g/mol. The number of aryl methyl sites for hydroxylation is 1. The predicted octanol–water partition coefficient (Wildman–Crippen LogP) is 4.47. The minimum Gasteiger partial charge on any atom is -0.507 e. The van der Waals surface area contributed by atoms with Crippen LogP contribution in [0.15, 0.2) is 48.5 Å². The molecule has 6 heteroatoms. The van der Waals surface area contributed by atoms with Gasteiger partial charge >= 0.3 is 0 Å². The van der Waals surface area contributed by atoms with E-state index < -0.39 is 0 Å². The number of nitrogens with zero attached hydrogens (tertiary/aromatic N) is 3. The Morgan fingerprint density at radius 1 is 1.07 bits per heavy atom. The van der Waals surface area contributed by atoms with Crippen molar-refractivity contribution in [3.63, 3.8) is 0 Å². The van der Waals surface area contributed by atoms with E-state index in [1.54, 1.807) is 18.2 Å². The molecule has 1 unspecified atom stereocenters. The lowest BCUT2D eigenvalue weighted by atomic mass is 10.00. The van der Waals surface area contributed by atoms with Crippen molar-refractivity contribution in [3.05, 3.63) is 59.9 Å². The summed E-state index contributed by atoms with van der Waals surface area (Å²) in [6.07, 6.45) is 2.30. The Morgan fingerprint density at radius 2 is 1.83 bits per heavy atom. The molecule has 1 fully saturated rings. The highest BCUT2D eigenvalue weighted by Gasteiger charge is 2.18. The van der Waals surface area contributed by atoms with Gasteiger partial charge in [0.15, 0.2) is 0 Å². The third kappa shape index (κ3) is 4.38. The standard InChI is InChI=1S/C23H25FN4O/c1-15-12-22(25-19-4-3-11-28(2)14-19)26-27-23(15)20-10-7-17(13-21(20)29)16-5-8-18(24)9-6-16/h5-10,12-13,19,29H,3-4,11,14H2,1-2H3,(H,25,26). The van der Waals surface area contributed by atoms with E-state index in [-0.39, 0.29) is 11.6 Å². The first-order valence-corrected chi connectivity index (χ1v) is 9.88. The summed E-state index contributed by atoms with van der Waals surface area (Å²) in [5.74, 6) is 0.599. The van der Waals surface area contributed by atoms with Crippen LogP contribution in [0, 0.1) is 12.7 Å². The van der Waals surface area contributed by atoms with E-state index >= 15 is 0 Å². The number of phenols is 1. The predicted molar refractivity (Wildman–Crippen MR) is 113 cm³/mol. The van der Waals surface area contributed by atoms with Crippen LogP contribution in [0.3, 0.4) is 0 Å². The minimum absolute atomic E-state index is 0.124. The van der Waals surface area contributed by atoms with Crippen LogP contribution in [0.1, 0.15) is 18.4 Å². The number of hydrogen-bond donors (Lipinski definition) is 2. The van der Waals surface area contributed by atoms with Gasteiger partial charge in [-0.05, 0) is 80.4 Å². The number of anilines is 1. The number of phenolic OH excluding ortho intramolecular Hbond substituents is 1. The van der Waals surface area contributed by atoms with E-state index in [9.17, 15) is 9.50 Å². The molecule has 0 bridgehead atoms. The number of aromatic hydroxyl groups is 1. The van der Waals surface area contributed by atoms with Crippen molar-refractivity contribution in [1.29, 1.82) is 0 Å². The van der Waals surface area contributed by atoms with Gasteiger partial charge in [-0.15, -0.1) is 10.2 Å². The molecular weight excluding hydrogens is 367 g/mol. The summed E-state index contributed by atoms with van der Waals surface area (Å²) in [7, 11) is 2.13. The lowest BCUT2D eigenvalue weighted by Crippen LogP contribution is -2.39. The summed E-state index contributed by atoms with van der Waals surface area (Å²) in [6, 6.07) is 13.9. The van der Waals surface area contributed by atoms with Crippen LogP contribution in [0.2, 0.25) is 0 Å². The second-order valence-electron chi connectivity index (χ2n) is 7.75. The lowest BCUT2D eigenvalue weighted by molar-refractivity contribution is 0.260. The molecule has 150 valence electrons. The fourth-order valence-electron chi connectivity index (χ4n) is 3.87. The van der Waals surface area contributed by atoms with Gasteiger partial charge in [0.25, 0.3) is 0 Å². The van der Waals surface area contributed by atoms with Crippen LogP contribution in [-0.4, -0.2) is 46.4 Å². The number of benzene rings is 2. The number of likely N-dealkylation sites (tertiary alicyclic amines) is 1. The maximum Gasteiger partial charge on any atom is 0.149 e. The highest BCUT2D eigenvalue weighted by atomic mass is 19.1. The van der Waals surface area contributed by atoms with Gasteiger partial charge < -0.3 is 15.3 Å². The van der Waals surface area contributed by atoms with Crippen LogP contribution >= 0.6 is 0 Å². The quantitative estimate of drug-likeness (QED) is 0.686. The highest BCUT2D eigenvalue weighted by molar-refractivity contribution is 5.75. The summed E-state index contributed by atoms with van der Waals surface area (Å²) in [6.45, 7) is 4.10. The Bertz CT molecular complexity index is 1010. The van der Waals surface area contributed by atoms with Crippen molar-refractivity contribution in [3.8, 4) is 28.1 Å². The van der Waals surface area contributed by atoms with E-state index in [1.165, 1.54) is 18.6 Å². The van der Waals surface area contributed by atoms with Crippen molar-refractivity contribution in [2.75, 3.05) is 25.5 Å². The fraction of sp³-hybridized carbons (Fsp3) is 0.304. The van der Waals surface area contributed by atoms with E-state index in [0.29, 0.717) is 17.3 Å². The van der Waals surface area contributed by atoms with E-state index in [4.69, 9.17) is 0 Å². The minimum atomic E-state index is -0.283. The highest BCUT2D eigenvalue weighted by Crippen LogP contribution is 2.34. The Morgan fingerprint density at radius 3 is 2.52 bits per heavy atom. The number of aromatic nitrogens is 2. The number of halogens is 1. The molecule has 0 spiro atoms. The first-order valence-electron chi connectivity index (χ1n) is 9.88. The van der Waals surface area contributed by atoms with Gasteiger partial charge in [0.2, 0.25) is 0 Å². The molecule has 1 saturated heterocycles. The molecule has 0 amide bonds. The number of rotatable bonds is 4. The molecular formula is C23H25FN4O. The van der Waals surface area contributed by atoms with Gasteiger partial charge in [0.05, 0.1) is 5.69 Å². The van der Waals surface area contributed by atoms with Gasteiger partial charge in [0, 0.05) is 18.2 Å². The van der Waals surface area contributed by atoms with E-state index in [0.717, 1.165) is 42.0 Å². The van der Waals surface area contributed by atoms with Crippen molar-refractivity contribution in [2.45, 2.75) is 25.8 Å². The number of likely N-dealkylation sites (N-methyl/N-ethyl adjacent to an activating group) is 1. The molecule has 2 N–H and O–H groups in total. The average molecular weight is 392 g/mol. The van der Waals surface area contributed by atoms with Crippen LogP contribution < -0.4 is 5.32 Å². The van der Waals surface area contributed by atoms with Crippen molar-refractivity contribution in [1.82, 2.24) is 15.1 Å². The molecule has 29 heavy (non-hydrogen) atoms. The molecule has 1 aliphatic heterocycles. The summed E-state index contributed by atoms with van der Waals surface area (Å²) in [4.78, 5) is 2.32. The van der Waals surface area contributed by atoms with Gasteiger partial charge in [-0.25, -0.2) is 4.39 Å². The molecule has 5 nitrogen and oxygen atoms in total. The summed E-state index contributed by atoms with van der Waals surface area (Å²) in [5.41, 5.74) is 3.88. The molecule has 2 heterocycles. The summed E-state index contributed by atoms with van der Waals surface area (Å²) < 4.78 is 13.1. The zero-order chi connectivity index (χ0) is 20.4. The SMILES string of the molecule is Cc1cc(NC2CCCN(C)C2)nnc1-c1ccc(-c2ccc(F)cc2)cc1O. The summed E-state index contributed by atoms with van der Waals surface area (Å²) >= 11 is 0. The van der Waals surface area contributed by atoms with Gasteiger partial charge in [-0.1, -0.05) is 18.2 Å². The Labute approximate surface area is 170 Å². The van der Waals surface area contributed by atoms with E-state index in [1.807, 2.05) is 25.1 Å².